The zero-order valence-electron chi connectivity index (χ0n) is 43.1. The number of hydrogen-bond donors (Lipinski definition) is 15. The highest BCUT2D eigenvalue weighted by Crippen LogP contribution is 2.24. The molecule has 14 atom stereocenters. The van der Waals surface area contributed by atoms with Crippen LogP contribution in [0.5, 0.6) is 0 Å². The quantitative estimate of drug-likeness (QED) is 0.0462. The van der Waals surface area contributed by atoms with Crippen molar-refractivity contribution in [1.82, 2.24) is 19.6 Å². The number of carbonyl (C=O) groups is 2. The number of nitrogens with two attached hydrogens (primary N) is 3. The molecule has 24 heteroatoms. The third kappa shape index (κ3) is 19.8. The number of piperidine rings is 4. The molecule has 2 aromatic carbocycles. The van der Waals surface area contributed by atoms with Crippen LogP contribution in [0.1, 0.15) is 51.7 Å². The highest BCUT2D eigenvalue weighted by atomic mass is 16.6. The van der Waals surface area contributed by atoms with E-state index >= 15 is 0 Å². The number of hydrogen-bond acceptors (Lipinski definition) is 21. The van der Waals surface area contributed by atoms with Gasteiger partial charge in [0.2, 0.25) is 11.8 Å². The van der Waals surface area contributed by atoms with Gasteiger partial charge in [-0.15, -0.1) is 0 Å². The van der Waals surface area contributed by atoms with Gasteiger partial charge >= 0.3 is 0 Å². The standard InChI is InChI=1S/C13H18N2O5.C13H20N2O3.2C12H24N2O4/c16-8-10-6-14(7-12(17)13(10)18)5-9-2-1-3-11(4-9)15(19)20;14-11-3-1-2-9(4-11)5-15-6-10(8-16)13(18)12(17)7-15;2*1-7(2)3-9(13)12(18)14-4-8(6-15)11(17)10(16)5-14/h1-4,10,12-13,16-18H,5-8H2;1-4,10,12-13,16-18H,5-8,14H2;2*7-11,15-17H,3-6,13H2,1-2H3/t2*10-,12-,13-;8-,9+,10-,11-;8-,9-,10-,11-/m1111/s1. The zero-order chi connectivity index (χ0) is 55.6. The molecule has 0 radical (unpaired) electrons. The van der Waals surface area contributed by atoms with Crippen molar-refractivity contribution >= 4 is 23.2 Å². The molecular weight excluding hydrogens is 969 g/mol. The number of non-ortho nitro benzene ring substituents is 1. The van der Waals surface area contributed by atoms with E-state index in [2.05, 4.69) is 0 Å². The van der Waals surface area contributed by atoms with Gasteiger partial charge in [0, 0.05) is 120 Å². The molecule has 0 unspecified atom stereocenters. The van der Waals surface area contributed by atoms with Crippen LogP contribution in [0.25, 0.3) is 0 Å². The lowest BCUT2D eigenvalue weighted by Gasteiger charge is -2.39. The molecule has 4 aliphatic heterocycles. The number of rotatable bonds is 15. The van der Waals surface area contributed by atoms with E-state index in [9.17, 15) is 70.8 Å². The summed E-state index contributed by atoms with van der Waals surface area (Å²) in [7, 11) is 0. The summed E-state index contributed by atoms with van der Waals surface area (Å²) >= 11 is 0. The van der Waals surface area contributed by atoms with Gasteiger partial charge in [-0.25, -0.2) is 0 Å². The van der Waals surface area contributed by atoms with Crippen molar-refractivity contribution in [3.63, 3.8) is 0 Å². The summed E-state index contributed by atoms with van der Waals surface area (Å²) < 4.78 is 0. The number of carbonyl (C=O) groups excluding carboxylic acids is 2. The van der Waals surface area contributed by atoms with E-state index < -0.39 is 83.6 Å². The summed E-state index contributed by atoms with van der Waals surface area (Å²) in [6, 6.07) is 12.7. The Hall–Kier alpha value is -4.06. The Morgan fingerprint density at radius 1 is 0.554 bits per heavy atom. The summed E-state index contributed by atoms with van der Waals surface area (Å²) in [4.78, 5) is 41.2. The van der Waals surface area contributed by atoms with Crippen LogP contribution in [-0.2, 0) is 22.7 Å². The normalized spacial score (nSPS) is 29.5. The van der Waals surface area contributed by atoms with Crippen LogP contribution >= 0.6 is 0 Å². The summed E-state index contributed by atoms with van der Waals surface area (Å²) in [6.07, 6.45) is -6.35. The summed E-state index contributed by atoms with van der Waals surface area (Å²) in [5.41, 5.74) is 19.9. The van der Waals surface area contributed by atoms with E-state index in [-0.39, 0.29) is 82.6 Å². The van der Waals surface area contributed by atoms with Gasteiger partial charge in [0.25, 0.3) is 5.69 Å². The average molecular weight is 1060 g/mol. The van der Waals surface area contributed by atoms with E-state index in [4.69, 9.17) is 27.4 Å². The predicted molar refractivity (Wildman–Crippen MR) is 273 cm³/mol. The maximum atomic E-state index is 12.1. The molecular formula is C50H86N8O16. The summed E-state index contributed by atoms with van der Waals surface area (Å²) in [5, 5.41) is 125. The molecule has 74 heavy (non-hydrogen) atoms. The van der Waals surface area contributed by atoms with Crippen molar-refractivity contribution in [3.8, 4) is 0 Å². The number of aliphatic hydroxyl groups is 12. The summed E-state index contributed by atoms with van der Waals surface area (Å²) in [5.74, 6) is -1.54. The molecule has 2 aromatic rings. The molecule has 24 nitrogen and oxygen atoms in total. The molecule has 4 saturated heterocycles. The zero-order valence-corrected chi connectivity index (χ0v) is 43.1. The van der Waals surface area contributed by atoms with E-state index in [1.807, 2.05) is 61.8 Å². The first-order chi connectivity index (χ1) is 34.8. The first-order valence-corrected chi connectivity index (χ1v) is 25.3. The third-order valence-electron chi connectivity index (χ3n) is 13.6. The van der Waals surface area contributed by atoms with E-state index in [1.165, 1.54) is 21.9 Å². The van der Waals surface area contributed by atoms with Gasteiger partial charge in [-0.05, 0) is 47.9 Å². The van der Waals surface area contributed by atoms with Gasteiger partial charge in [0.1, 0.15) is 0 Å². The van der Waals surface area contributed by atoms with Crippen molar-refractivity contribution in [2.24, 2.45) is 47.0 Å². The number of benzene rings is 2. The molecule has 0 saturated carbocycles. The van der Waals surface area contributed by atoms with Crippen LogP contribution in [0.3, 0.4) is 0 Å². The van der Waals surface area contributed by atoms with E-state index in [0.29, 0.717) is 63.1 Å². The molecule has 4 aliphatic rings. The first kappa shape index (κ1) is 64.2. The molecule has 422 valence electrons. The topological polar surface area (TPSA) is 411 Å². The maximum Gasteiger partial charge on any atom is 0.269 e. The average Bonchev–Trinajstić information content (AvgIpc) is 3.35. The Kier molecular flexibility index (Phi) is 27.1. The number of β-amino-alcohol motifs (C(OH)–C–C–N with tert-alkyl or cyclic N) is 4. The highest BCUT2D eigenvalue weighted by Gasteiger charge is 2.40. The second-order valence-corrected chi connectivity index (χ2v) is 21.0. The lowest BCUT2D eigenvalue weighted by Crippen LogP contribution is -2.58. The fourth-order valence-corrected chi connectivity index (χ4v) is 9.57. The van der Waals surface area contributed by atoms with Crippen LogP contribution in [0.15, 0.2) is 48.5 Å². The number of nitro groups is 1. The number of aliphatic hydroxyl groups excluding tert-OH is 12. The van der Waals surface area contributed by atoms with Crippen LogP contribution in [0.4, 0.5) is 11.4 Å². The van der Waals surface area contributed by atoms with Crippen molar-refractivity contribution in [2.45, 2.75) is 115 Å². The van der Waals surface area contributed by atoms with Crippen LogP contribution in [0.2, 0.25) is 0 Å². The van der Waals surface area contributed by atoms with Gasteiger partial charge in [0.05, 0.1) is 79.1 Å². The number of nitrogen functional groups attached to an aromatic ring is 1. The fourth-order valence-electron chi connectivity index (χ4n) is 9.57. The van der Waals surface area contributed by atoms with Crippen molar-refractivity contribution < 1.29 is 75.8 Å². The molecule has 0 aliphatic carbocycles. The number of nitro benzene ring substituents is 1. The molecule has 4 heterocycles. The smallest absolute Gasteiger partial charge is 0.269 e. The Labute approximate surface area is 433 Å². The van der Waals surface area contributed by atoms with Crippen molar-refractivity contribution in [3.05, 3.63) is 69.8 Å². The third-order valence-corrected chi connectivity index (χ3v) is 13.6. The Morgan fingerprint density at radius 2 is 0.892 bits per heavy atom. The number of amides is 2. The highest BCUT2D eigenvalue weighted by molar-refractivity contribution is 5.82. The minimum Gasteiger partial charge on any atom is -0.399 e. The van der Waals surface area contributed by atoms with Crippen molar-refractivity contribution in [1.29, 1.82) is 0 Å². The number of nitrogens with zero attached hydrogens (tertiary/aromatic N) is 5. The van der Waals surface area contributed by atoms with Gasteiger partial charge in [-0.1, -0.05) is 52.0 Å². The van der Waals surface area contributed by atoms with Gasteiger partial charge in [-0.2, -0.15) is 0 Å². The summed E-state index contributed by atoms with van der Waals surface area (Å²) in [6.45, 7) is 10.5. The van der Waals surface area contributed by atoms with Gasteiger partial charge < -0.3 is 88.3 Å². The molecule has 0 bridgehead atoms. The Morgan fingerprint density at radius 3 is 1.23 bits per heavy atom. The molecule has 0 aromatic heterocycles. The molecule has 4 fully saturated rings. The van der Waals surface area contributed by atoms with Crippen LogP contribution in [-0.4, -0.2) is 237 Å². The molecule has 0 spiro atoms. The van der Waals surface area contributed by atoms with Gasteiger partial charge in [0.15, 0.2) is 0 Å². The lowest BCUT2D eigenvalue weighted by atomic mass is 9.92. The second kappa shape index (κ2) is 31.2. The molecule has 18 N–H and O–H groups in total. The minimum atomic E-state index is -1.02. The molecule has 6 rings (SSSR count). The van der Waals surface area contributed by atoms with E-state index in [0.717, 1.165) is 11.1 Å². The van der Waals surface area contributed by atoms with Gasteiger partial charge in [-0.3, -0.25) is 29.5 Å². The largest absolute Gasteiger partial charge is 0.399 e. The lowest BCUT2D eigenvalue weighted by molar-refractivity contribution is -0.384. The van der Waals surface area contributed by atoms with Crippen molar-refractivity contribution in [2.75, 3.05) is 84.5 Å². The fraction of sp³-hybridized carbons (Fsp3) is 0.720. The Bertz CT molecular complexity index is 1940. The predicted octanol–water partition coefficient (Wildman–Crippen LogP) is -3.78. The first-order valence-electron chi connectivity index (χ1n) is 25.3. The minimum absolute atomic E-state index is 0.0267. The Balaban J connectivity index is 0.000000260. The maximum absolute atomic E-state index is 12.1. The monoisotopic (exact) mass is 1050 g/mol. The second-order valence-electron chi connectivity index (χ2n) is 21.0. The van der Waals surface area contributed by atoms with Crippen LogP contribution in [0, 0.1) is 45.6 Å². The number of anilines is 1. The molecule has 2 amide bonds. The number of likely N-dealkylation sites (tertiary alicyclic amines) is 4. The van der Waals surface area contributed by atoms with E-state index in [1.54, 1.807) is 12.1 Å². The SMILES string of the molecule is CC(C)C[C@@H](N)C(=O)N1C[C@H](CO)[C@@H](O)[C@H](O)C1.CC(C)C[C@H](N)C(=O)N1C[C@H](CO)[C@@H](O)[C@H](O)C1.Nc1cccc(CN2C[C@H](CO)[C@@H](O)[C@H](O)C2)c1.O=[N+]([O-])c1cccc(CN2C[C@H](CO)[C@@H](O)[C@H](O)C2)c1. The van der Waals surface area contributed by atoms with Crippen LogP contribution < -0.4 is 17.2 Å².